The summed E-state index contributed by atoms with van der Waals surface area (Å²) in [6.07, 6.45) is 6.58. The minimum atomic E-state index is -0.461. The van der Waals surface area contributed by atoms with E-state index in [1.54, 1.807) is 6.26 Å². The number of hydrogen-bond acceptors (Lipinski definition) is 4. The number of nitrogens with one attached hydrogen (secondary N) is 1. The van der Waals surface area contributed by atoms with Gasteiger partial charge in [-0.25, -0.2) is 4.79 Å². The van der Waals surface area contributed by atoms with Crippen LogP contribution in [0.4, 0.5) is 4.79 Å². The molecule has 1 aromatic rings. The van der Waals surface area contributed by atoms with Gasteiger partial charge in [-0.2, -0.15) is 0 Å². The van der Waals surface area contributed by atoms with Crippen molar-refractivity contribution < 1.29 is 18.7 Å². The monoisotopic (exact) mass is 334 g/mol. The smallest absolute Gasteiger partial charge is 0.317 e. The van der Waals surface area contributed by atoms with Crippen LogP contribution in [0.25, 0.3) is 0 Å². The van der Waals surface area contributed by atoms with Gasteiger partial charge in [0.15, 0.2) is 5.79 Å². The molecule has 4 rings (SSSR count). The lowest BCUT2D eigenvalue weighted by Crippen LogP contribution is -2.49. The van der Waals surface area contributed by atoms with Crippen LogP contribution in [0.15, 0.2) is 16.7 Å². The van der Waals surface area contributed by atoms with Gasteiger partial charge in [-0.3, -0.25) is 0 Å². The Kier molecular flexibility index (Phi) is 4.26. The number of rotatable bonds is 2. The van der Waals surface area contributed by atoms with Crippen molar-refractivity contribution in [3.63, 3.8) is 0 Å². The molecule has 2 amide bonds. The molecule has 132 valence electrons. The van der Waals surface area contributed by atoms with Gasteiger partial charge in [0.05, 0.1) is 25.5 Å². The maximum Gasteiger partial charge on any atom is 0.317 e. The molecule has 1 aromatic heterocycles. The van der Waals surface area contributed by atoms with Gasteiger partial charge in [0.1, 0.15) is 5.76 Å². The van der Waals surface area contributed by atoms with Gasteiger partial charge >= 0.3 is 6.03 Å². The number of fused-ring (bicyclic) bond motifs is 1. The Hall–Kier alpha value is -1.53. The molecular formula is C18H26N2O4. The minimum absolute atomic E-state index is 0.0333. The zero-order valence-corrected chi connectivity index (χ0v) is 14.3. The third-order valence-corrected chi connectivity index (χ3v) is 5.73. The van der Waals surface area contributed by atoms with Crippen molar-refractivity contribution in [1.82, 2.24) is 10.2 Å². The fraction of sp³-hybridized carbons (Fsp3) is 0.722. The van der Waals surface area contributed by atoms with Crippen molar-refractivity contribution in [3.8, 4) is 0 Å². The highest BCUT2D eigenvalue weighted by atomic mass is 16.7. The number of carbonyl (C=O) groups is 1. The largest absolute Gasteiger partial charge is 0.469 e. The first-order chi connectivity index (χ1) is 11.7. The second kappa shape index (κ2) is 6.41. The summed E-state index contributed by atoms with van der Waals surface area (Å²) in [4.78, 5) is 14.5. The Morgan fingerprint density at radius 3 is 2.75 bits per heavy atom. The molecule has 6 nitrogen and oxygen atoms in total. The highest BCUT2D eigenvalue weighted by Gasteiger charge is 2.42. The van der Waals surface area contributed by atoms with E-state index in [2.05, 4.69) is 5.32 Å². The average molecular weight is 334 g/mol. The molecular weight excluding hydrogens is 308 g/mol. The van der Waals surface area contributed by atoms with E-state index in [1.807, 2.05) is 17.9 Å². The van der Waals surface area contributed by atoms with Gasteiger partial charge in [-0.1, -0.05) is 0 Å². The molecule has 3 heterocycles. The number of piperidine rings is 1. The minimum Gasteiger partial charge on any atom is -0.469 e. The Bertz CT molecular complexity index is 586. The van der Waals surface area contributed by atoms with Crippen LogP contribution in [0, 0.1) is 5.92 Å². The molecule has 1 unspecified atom stereocenters. The highest BCUT2D eigenvalue weighted by molar-refractivity contribution is 5.75. The van der Waals surface area contributed by atoms with Crippen LogP contribution < -0.4 is 5.32 Å². The summed E-state index contributed by atoms with van der Waals surface area (Å²) < 4.78 is 17.1. The quantitative estimate of drug-likeness (QED) is 0.903. The number of urea groups is 1. The van der Waals surface area contributed by atoms with Gasteiger partial charge in [0, 0.05) is 31.0 Å². The molecule has 0 bridgehead atoms. The summed E-state index contributed by atoms with van der Waals surface area (Å²) in [5.41, 5.74) is 1.14. The van der Waals surface area contributed by atoms with Gasteiger partial charge in [0.25, 0.3) is 0 Å². The van der Waals surface area contributed by atoms with Crippen molar-refractivity contribution in [1.29, 1.82) is 0 Å². The highest BCUT2D eigenvalue weighted by Crippen LogP contribution is 2.35. The molecule has 2 saturated heterocycles. The molecule has 0 aromatic carbocycles. The number of hydrogen-bond donors (Lipinski definition) is 1. The maximum absolute atomic E-state index is 12.6. The number of ether oxygens (including phenoxy) is 2. The number of amides is 2. The fourth-order valence-corrected chi connectivity index (χ4v) is 4.25. The van der Waals surface area contributed by atoms with Crippen molar-refractivity contribution in [2.75, 3.05) is 26.3 Å². The van der Waals surface area contributed by atoms with Crippen LogP contribution in [0.5, 0.6) is 0 Å². The fourth-order valence-electron chi connectivity index (χ4n) is 4.25. The molecule has 1 atom stereocenters. The number of likely N-dealkylation sites (tertiary alicyclic amines) is 1. The lowest BCUT2D eigenvalue weighted by Gasteiger charge is -2.39. The predicted octanol–water partition coefficient (Wildman–Crippen LogP) is 2.84. The van der Waals surface area contributed by atoms with Gasteiger partial charge in [-0.05, 0) is 38.7 Å². The van der Waals surface area contributed by atoms with Crippen LogP contribution in [0.3, 0.4) is 0 Å². The molecule has 0 radical (unpaired) electrons. The number of nitrogens with zero attached hydrogens (tertiary/aromatic N) is 1. The summed E-state index contributed by atoms with van der Waals surface area (Å²) >= 11 is 0. The first-order valence-corrected chi connectivity index (χ1v) is 9.05. The molecule has 2 aliphatic heterocycles. The van der Waals surface area contributed by atoms with E-state index in [4.69, 9.17) is 13.9 Å². The topological polar surface area (TPSA) is 63.9 Å². The van der Waals surface area contributed by atoms with Crippen LogP contribution in [-0.2, 0) is 15.9 Å². The van der Waals surface area contributed by atoms with Crippen LogP contribution in [0.1, 0.15) is 50.0 Å². The van der Waals surface area contributed by atoms with E-state index in [0.29, 0.717) is 19.1 Å². The van der Waals surface area contributed by atoms with Gasteiger partial charge < -0.3 is 24.1 Å². The van der Waals surface area contributed by atoms with Crippen molar-refractivity contribution in [2.45, 2.75) is 50.9 Å². The van der Waals surface area contributed by atoms with E-state index in [0.717, 1.165) is 56.5 Å². The SMILES string of the molecule is CC1(C2CCN(C(=O)NC3CCCc4occc43)CC2)OCCO1. The lowest BCUT2D eigenvalue weighted by atomic mass is 9.89. The van der Waals surface area contributed by atoms with E-state index in [-0.39, 0.29) is 12.1 Å². The van der Waals surface area contributed by atoms with E-state index in [9.17, 15) is 4.79 Å². The number of aryl methyl sites for hydroxylation is 1. The zero-order chi connectivity index (χ0) is 16.6. The molecule has 0 spiro atoms. The Morgan fingerprint density at radius 1 is 1.25 bits per heavy atom. The lowest BCUT2D eigenvalue weighted by molar-refractivity contribution is -0.189. The third kappa shape index (κ3) is 2.93. The number of carbonyl (C=O) groups excluding carboxylic acids is 1. The van der Waals surface area contributed by atoms with Crippen molar-refractivity contribution in [3.05, 3.63) is 23.7 Å². The first-order valence-electron chi connectivity index (χ1n) is 9.05. The summed E-state index contributed by atoms with van der Waals surface area (Å²) in [5, 5.41) is 3.19. The zero-order valence-electron chi connectivity index (χ0n) is 14.3. The van der Waals surface area contributed by atoms with Crippen molar-refractivity contribution >= 4 is 6.03 Å². The Labute approximate surface area is 142 Å². The van der Waals surface area contributed by atoms with E-state index < -0.39 is 5.79 Å². The second-order valence-corrected chi connectivity index (χ2v) is 7.17. The maximum atomic E-state index is 12.6. The summed E-state index contributed by atoms with van der Waals surface area (Å²) in [7, 11) is 0. The van der Waals surface area contributed by atoms with Crippen LogP contribution in [0.2, 0.25) is 0 Å². The number of furan rings is 1. The van der Waals surface area contributed by atoms with E-state index >= 15 is 0 Å². The van der Waals surface area contributed by atoms with E-state index in [1.165, 1.54) is 0 Å². The van der Waals surface area contributed by atoms with Gasteiger partial charge in [-0.15, -0.1) is 0 Å². The average Bonchev–Trinajstić information content (AvgIpc) is 3.25. The molecule has 6 heteroatoms. The van der Waals surface area contributed by atoms with Crippen LogP contribution in [-0.4, -0.2) is 43.0 Å². The Balaban J connectivity index is 1.33. The Morgan fingerprint density at radius 2 is 2.00 bits per heavy atom. The molecule has 0 saturated carbocycles. The molecule has 2 fully saturated rings. The summed E-state index contributed by atoms with van der Waals surface area (Å²) in [6, 6.07) is 2.10. The predicted molar refractivity (Wildman–Crippen MR) is 87.5 cm³/mol. The van der Waals surface area contributed by atoms with Crippen LogP contribution >= 0.6 is 0 Å². The van der Waals surface area contributed by atoms with Crippen molar-refractivity contribution in [2.24, 2.45) is 5.92 Å². The normalized spacial score (nSPS) is 27.0. The summed E-state index contributed by atoms with van der Waals surface area (Å²) in [5.74, 6) is 0.922. The standard InChI is InChI=1S/C18H26N2O4/c1-18(23-11-12-24-18)13-5-8-20(9-6-13)17(21)19-15-3-2-4-16-14(15)7-10-22-16/h7,10,13,15H,2-6,8-9,11-12H2,1H3,(H,19,21). The molecule has 24 heavy (non-hydrogen) atoms. The molecule has 3 aliphatic rings. The molecule has 1 aliphatic carbocycles. The summed E-state index contributed by atoms with van der Waals surface area (Å²) in [6.45, 7) is 4.88. The molecule has 1 N–H and O–H groups in total. The first kappa shape index (κ1) is 16.0. The van der Waals surface area contributed by atoms with Gasteiger partial charge in [0.2, 0.25) is 0 Å². The second-order valence-electron chi connectivity index (χ2n) is 7.17. The third-order valence-electron chi connectivity index (χ3n) is 5.73.